The van der Waals surface area contributed by atoms with Gasteiger partial charge in [-0.15, -0.1) is 0 Å². The van der Waals surface area contributed by atoms with E-state index in [1.165, 1.54) is 0 Å². The van der Waals surface area contributed by atoms with Crippen molar-refractivity contribution in [3.05, 3.63) is 75.4 Å². The van der Waals surface area contributed by atoms with Gasteiger partial charge in [-0.05, 0) is 75.5 Å². The fourth-order valence-corrected chi connectivity index (χ4v) is 6.68. The number of allylic oxidation sites excluding steroid dienone is 2. The predicted octanol–water partition coefficient (Wildman–Crippen LogP) is 7.99. The molecule has 1 heterocycles. The molecule has 0 amide bonds. The van der Waals surface area contributed by atoms with Crippen molar-refractivity contribution in [3.8, 4) is 23.0 Å². The van der Waals surface area contributed by atoms with E-state index in [-0.39, 0.29) is 17.1 Å². The van der Waals surface area contributed by atoms with Gasteiger partial charge in [0, 0.05) is 33.5 Å². The summed E-state index contributed by atoms with van der Waals surface area (Å²) in [6.45, 7) is 4.31. The van der Waals surface area contributed by atoms with Gasteiger partial charge >= 0.3 is 0 Å². The van der Waals surface area contributed by atoms with Crippen LogP contribution in [0, 0.1) is 5.41 Å². The second kappa shape index (κ2) is 9.73. The second-order valence-corrected chi connectivity index (χ2v) is 12.2. The summed E-state index contributed by atoms with van der Waals surface area (Å²) in [5.74, 6) is 2.45. The maximum Gasteiger partial charge on any atom is 0.162 e. The Bertz CT molecular complexity index is 1720. The molecule has 0 radical (unpaired) electrons. The van der Waals surface area contributed by atoms with E-state index in [0.29, 0.717) is 29.4 Å². The zero-order valence-electron chi connectivity index (χ0n) is 23.5. The zero-order chi connectivity index (χ0) is 28.3. The van der Waals surface area contributed by atoms with Crippen LogP contribution in [0.25, 0.3) is 21.5 Å². The number of Topliss-reactive ketones (excluding diaryl/α,β-unsaturated/α-hetero) is 1. The fraction of sp³-hybridized carbons (Fsp3) is 0.303. The van der Waals surface area contributed by atoms with Crippen LogP contribution in [0.1, 0.15) is 43.7 Å². The van der Waals surface area contributed by atoms with Gasteiger partial charge in [0.15, 0.2) is 28.8 Å². The van der Waals surface area contributed by atoms with Crippen molar-refractivity contribution in [2.24, 2.45) is 5.41 Å². The summed E-state index contributed by atoms with van der Waals surface area (Å²) in [6, 6.07) is 16.4. The topological polar surface area (TPSA) is 66.0 Å². The number of benzene rings is 4. The quantitative estimate of drug-likeness (QED) is 0.234. The smallest absolute Gasteiger partial charge is 0.162 e. The Morgan fingerprint density at radius 1 is 0.750 bits per heavy atom. The van der Waals surface area contributed by atoms with Gasteiger partial charge in [0.1, 0.15) is 0 Å². The molecule has 0 bridgehead atoms. The van der Waals surface area contributed by atoms with Crippen molar-refractivity contribution in [1.82, 2.24) is 0 Å². The van der Waals surface area contributed by atoms with Gasteiger partial charge < -0.3 is 24.3 Å². The maximum absolute atomic E-state index is 13.9. The predicted molar refractivity (Wildman–Crippen MR) is 162 cm³/mol. The van der Waals surface area contributed by atoms with Crippen molar-refractivity contribution < 1.29 is 23.7 Å². The van der Waals surface area contributed by atoms with Crippen molar-refractivity contribution >= 4 is 48.9 Å². The normalized spacial score (nSPS) is 17.8. The molecular formula is C33H32BrNO5. The number of methoxy groups -OCH3 is 4. The number of rotatable bonds is 5. The lowest BCUT2D eigenvalue weighted by Gasteiger charge is -2.40. The van der Waals surface area contributed by atoms with E-state index in [4.69, 9.17) is 18.9 Å². The molecule has 0 fully saturated rings. The van der Waals surface area contributed by atoms with Crippen LogP contribution >= 0.6 is 15.9 Å². The molecule has 1 aliphatic carbocycles. The summed E-state index contributed by atoms with van der Waals surface area (Å²) in [7, 11) is 6.57. The number of halogens is 1. The van der Waals surface area contributed by atoms with Crippen LogP contribution < -0.4 is 24.3 Å². The number of ether oxygens (including phenoxy) is 4. The summed E-state index contributed by atoms with van der Waals surface area (Å²) in [5, 5.41) is 7.70. The Morgan fingerprint density at radius 2 is 1.25 bits per heavy atom. The first-order valence-corrected chi connectivity index (χ1v) is 14.0. The number of ketones is 1. The molecule has 6 rings (SSSR count). The molecule has 206 valence electrons. The van der Waals surface area contributed by atoms with Gasteiger partial charge in [-0.25, -0.2) is 0 Å². The lowest BCUT2D eigenvalue weighted by atomic mass is 9.67. The number of anilines is 1. The van der Waals surface area contributed by atoms with Gasteiger partial charge in [0.05, 0.1) is 34.1 Å². The molecule has 0 spiro atoms. The van der Waals surface area contributed by atoms with Crippen LogP contribution in [0.5, 0.6) is 23.0 Å². The maximum atomic E-state index is 13.9. The summed E-state index contributed by atoms with van der Waals surface area (Å²) in [5.41, 5.74) is 4.73. The molecule has 1 N–H and O–H groups in total. The number of carbonyl (C=O) groups excluding carboxylic acids is 1. The third-order valence-corrected chi connectivity index (χ3v) is 8.67. The van der Waals surface area contributed by atoms with Crippen LogP contribution in [0.2, 0.25) is 0 Å². The fourth-order valence-electron chi connectivity index (χ4n) is 6.41. The lowest BCUT2D eigenvalue weighted by Crippen LogP contribution is -2.34. The van der Waals surface area contributed by atoms with E-state index in [9.17, 15) is 4.79 Å². The minimum atomic E-state index is -0.263. The van der Waals surface area contributed by atoms with E-state index in [1.54, 1.807) is 28.4 Å². The Balaban J connectivity index is 1.80. The van der Waals surface area contributed by atoms with Gasteiger partial charge in [-0.3, -0.25) is 4.79 Å². The number of hydrogen-bond donors (Lipinski definition) is 1. The molecule has 40 heavy (non-hydrogen) atoms. The van der Waals surface area contributed by atoms with Crippen molar-refractivity contribution in [1.29, 1.82) is 0 Å². The lowest BCUT2D eigenvalue weighted by molar-refractivity contribution is -0.118. The van der Waals surface area contributed by atoms with Gasteiger partial charge in [0.2, 0.25) is 0 Å². The zero-order valence-corrected chi connectivity index (χ0v) is 25.1. The first-order valence-electron chi connectivity index (χ1n) is 13.3. The summed E-state index contributed by atoms with van der Waals surface area (Å²) in [4.78, 5) is 13.9. The monoisotopic (exact) mass is 601 g/mol. The van der Waals surface area contributed by atoms with E-state index in [2.05, 4.69) is 47.2 Å². The Hall–Kier alpha value is -3.71. The Kier molecular flexibility index (Phi) is 6.45. The van der Waals surface area contributed by atoms with Gasteiger partial charge in [0.25, 0.3) is 0 Å². The largest absolute Gasteiger partial charge is 0.493 e. The molecule has 0 aromatic heterocycles. The molecule has 6 nitrogen and oxygen atoms in total. The van der Waals surface area contributed by atoms with Crippen LogP contribution in [-0.4, -0.2) is 34.2 Å². The molecule has 2 aliphatic rings. The molecule has 0 saturated heterocycles. The molecule has 0 saturated carbocycles. The summed E-state index contributed by atoms with van der Waals surface area (Å²) >= 11 is 3.59. The molecule has 4 aromatic carbocycles. The number of fused-ring (bicyclic) bond motifs is 6. The Labute approximate surface area is 242 Å². The minimum Gasteiger partial charge on any atom is -0.493 e. The molecule has 4 aromatic rings. The first-order chi connectivity index (χ1) is 19.2. The molecular weight excluding hydrogens is 570 g/mol. The highest BCUT2D eigenvalue weighted by atomic mass is 79.9. The van der Waals surface area contributed by atoms with Crippen LogP contribution in [-0.2, 0) is 4.79 Å². The van der Waals surface area contributed by atoms with Crippen molar-refractivity contribution in [2.45, 2.75) is 32.6 Å². The standard InChI is InChI=1S/C33H32BrNO5/c1-33(2)15-23-31(24(36)16-33)29(17-7-9-18(34)10-8-17)30-21-13-27(39-5)25(37-3)11-19(21)20-12-26(38-4)28(40-6)14-22(20)32(30)35-23/h7-14,29,35H,15-16H2,1-6H3. The SMILES string of the molecule is COc1cc2c3c(c4cc(OC)c(OC)cc4c2cc1OC)C(c1ccc(Br)cc1)C1=C(CC(C)(C)CC1=O)N3. The minimum absolute atomic E-state index is 0.144. The highest BCUT2D eigenvalue weighted by Crippen LogP contribution is 2.55. The van der Waals surface area contributed by atoms with E-state index in [0.717, 1.165) is 60.5 Å². The number of hydrogen-bond acceptors (Lipinski definition) is 6. The van der Waals surface area contributed by atoms with E-state index in [1.807, 2.05) is 36.4 Å². The highest BCUT2D eigenvalue weighted by molar-refractivity contribution is 9.10. The highest BCUT2D eigenvalue weighted by Gasteiger charge is 2.42. The average molecular weight is 603 g/mol. The average Bonchev–Trinajstić information content (AvgIpc) is 2.94. The van der Waals surface area contributed by atoms with Crippen molar-refractivity contribution in [2.75, 3.05) is 33.8 Å². The number of nitrogens with one attached hydrogen (secondary N) is 1. The molecule has 1 aliphatic heterocycles. The van der Waals surface area contributed by atoms with E-state index >= 15 is 0 Å². The van der Waals surface area contributed by atoms with Gasteiger partial charge in [-0.1, -0.05) is 41.9 Å². The first kappa shape index (κ1) is 26.5. The van der Waals surface area contributed by atoms with E-state index < -0.39 is 0 Å². The summed E-state index contributed by atoms with van der Waals surface area (Å²) < 4.78 is 23.9. The Morgan fingerprint density at radius 3 is 1.80 bits per heavy atom. The third-order valence-electron chi connectivity index (χ3n) is 8.14. The number of carbonyl (C=O) groups is 1. The van der Waals surface area contributed by atoms with Crippen LogP contribution in [0.15, 0.2) is 64.3 Å². The van der Waals surface area contributed by atoms with Crippen LogP contribution in [0.4, 0.5) is 5.69 Å². The molecule has 7 heteroatoms. The van der Waals surface area contributed by atoms with Crippen molar-refractivity contribution in [3.63, 3.8) is 0 Å². The molecule has 1 unspecified atom stereocenters. The second-order valence-electron chi connectivity index (χ2n) is 11.2. The molecule has 1 atom stereocenters. The van der Waals surface area contributed by atoms with Gasteiger partial charge in [-0.2, -0.15) is 0 Å². The van der Waals surface area contributed by atoms with Crippen LogP contribution in [0.3, 0.4) is 0 Å². The third kappa shape index (κ3) is 4.10. The summed E-state index contributed by atoms with van der Waals surface area (Å²) in [6.07, 6.45) is 1.28.